The van der Waals surface area contributed by atoms with Crippen molar-refractivity contribution in [1.29, 1.82) is 0 Å². The van der Waals surface area contributed by atoms with Crippen LogP contribution in [0.25, 0.3) is 0 Å². The number of aryl methyl sites for hydroxylation is 1. The van der Waals surface area contributed by atoms with E-state index in [1.807, 2.05) is 25.1 Å². The second-order valence-electron chi connectivity index (χ2n) is 8.09. The van der Waals surface area contributed by atoms with Crippen LogP contribution in [0.3, 0.4) is 0 Å². The summed E-state index contributed by atoms with van der Waals surface area (Å²) in [5, 5.41) is 2.83. The molecule has 0 radical (unpaired) electrons. The molecule has 2 aromatic carbocycles. The van der Waals surface area contributed by atoms with Crippen LogP contribution >= 0.6 is 11.3 Å². The van der Waals surface area contributed by atoms with Gasteiger partial charge in [0.15, 0.2) is 5.13 Å². The van der Waals surface area contributed by atoms with Crippen LogP contribution in [0.15, 0.2) is 53.9 Å². The van der Waals surface area contributed by atoms with E-state index in [2.05, 4.69) is 47.5 Å². The molecule has 32 heavy (non-hydrogen) atoms. The van der Waals surface area contributed by atoms with E-state index in [0.29, 0.717) is 12.6 Å². The average molecular weight is 450 g/mol. The molecular weight excluding hydrogens is 418 g/mol. The highest BCUT2D eigenvalue weighted by atomic mass is 32.1. The molecule has 0 aliphatic carbocycles. The van der Waals surface area contributed by atoms with Gasteiger partial charge in [-0.3, -0.25) is 14.6 Å². The molecule has 1 fully saturated rings. The summed E-state index contributed by atoms with van der Waals surface area (Å²) in [6.07, 6.45) is 3.20. The average Bonchev–Trinajstić information content (AvgIpc) is 3.45. The molecule has 0 bridgehead atoms. The lowest BCUT2D eigenvalue weighted by Gasteiger charge is -2.24. The van der Waals surface area contributed by atoms with Crippen molar-refractivity contribution in [2.24, 2.45) is 0 Å². The highest BCUT2D eigenvalue weighted by Crippen LogP contribution is 2.36. The van der Waals surface area contributed by atoms with Gasteiger partial charge in [0, 0.05) is 24.9 Å². The molecule has 4 rings (SSSR count). The van der Waals surface area contributed by atoms with Gasteiger partial charge in [-0.15, -0.1) is 11.3 Å². The molecule has 1 atom stereocenters. The molecule has 6 heteroatoms. The Morgan fingerprint density at radius 2 is 1.97 bits per heavy atom. The van der Waals surface area contributed by atoms with Crippen molar-refractivity contribution in [3.63, 3.8) is 0 Å². The monoisotopic (exact) mass is 449 g/mol. The fraction of sp³-hybridized carbons (Fsp3) is 0.385. The number of thiazole rings is 1. The van der Waals surface area contributed by atoms with Crippen LogP contribution in [0.4, 0.5) is 10.8 Å². The summed E-state index contributed by atoms with van der Waals surface area (Å²) in [6, 6.07) is 16.9. The van der Waals surface area contributed by atoms with E-state index in [1.165, 1.54) is 23.3 Å². The van der Waals surface area contributed by atoms with Gasteiger partial charge in [-0.2, -0.15) is 0 Å². The van der Waals surface area contributed by atoms with Crippen LogP contribution in [0.5, 0.6) is 5.75 Å². The minimum absolute atomic E-state index is 0.0137. The minimum Gasteiger partial charge on any atom is -0.494 e. The summed E-state index contributed by atoms with van der Waals surface area (Å²) >= 11 is 1.54. The van der Waals surface area contributed by atoms with Crippen LogP contribution in [0.1, 0.15) is 56.5 Å². The van der Waals surface area contributed by atoms with Gasteiger partial charge in [0.05, 0.1) is 18.0 Å². The van der Waals surface area contributed by atoms with Crippen molar-refractivity contribution in [2.75, 3.05) is 18.1 Å². The molecule has 1 unspecified atom stereocenters. The van der Waals surface area contributed by atoms with Crippen molar-refractivity contribution in [3.05, 3.63) is 70.7 Å². The number of likely N-dealkylation sites (tertiary alicyclic amines) is 1. The van der Waals surface area contributed by atoms with Crippen molar-refractivity contribution < 1.29 is 9.53 Å². The Morgan fingerprint density at radius 3 is 2.69 bits per heavy atom. The summed E-state index contributed by atoms with van der Waals surface area (Å²) < 4.78 is 5.59. The highest BCUT2D eigenvalue weighted by molar-refractivity contribution is 7.14. The van der Waals surface area contributed by atoms with Gasteiger partial charge in [-0.25, -0.2) is 4.98 Å². The topological polar surface area (TPSA) is 45.7 Å². The number of amides is 1. The number of carbonyl (C=O) groups excluding carboxylic acids is 1. The third-order valence-corrected chi connectivity index (χ3v) is 6.84. The molecule has 2 heterocycles. The van der Waals surface area contributed by atoms with E-state index < -0.39 is 0 Å². The van der Waals surface area contributed by atoms with E-state index >= 15 is 0 Å². The van der Waals surface area contributed by atoms with E-state index in [0.717, 1.165) is 53.8 Å². The van der Waals surface area contributed by atoms with Gasteiger partial charge >= 0.3 is 0 Å². The Bertz CT molecular complexity index is 1050. The van der Waals surface area contributed by atoms with E-state index in [-0.39, 0.29) is 5.91 Å². The molecule has 0 spiro atoms. The molecule has 1 aliphatic rings. The summed E-state index contributed by atoms with van der Waals surface area (Å²) in [5.74, 6) is 0.905. The highest BCUT2D eigenvalue weighted by Gasteiger charge is 2.27. The predicted molar refractivity (Wildman–Crippen MR) is 131 cm³/mol. The number of para-hydroxylation sites is 1. The Hall–Kier alpha value is -2.70. The molecule has 3 aromatic rings. The fourth-order valence-corrected chi connectivity index (χ4v) is 5.33. The zero-order valence-corrected chi connectivity index (χ0v) is 19.9. The number of ether oxygens (including phenoxy) is 1. The second-order valence-corrected chi connectivity index (χ2v) is 8.93. The molecule has 1 amide bonds. The van der Waals surface area contributed by atoms with Gasteiger partial charge in [0.25, 0.3) is 0 Å². The first-order valence-corrected chi connectivity index (χ1v) is 12.3. The first-order valence-electron chi connectivity index (χ1n) is 11.4. The van der Waals surface area contributed by atoms with E-state index in [1.54, 1.807) is 11.8 Å². The van der Waals surface area contributed by atoms with Gasteiger partial charge < -0.3 is 4.74 Å². The second kappa shape index (κ2) is 10.3. The first kappa shape index (κ1) is 22.5. The van der Waals surface area contributed by atoms with Gasteiger partial charge in [-0.1, -0.05) is 37.3 Å². The number of rotatable bonds is 8. The van der Waals surface area contributed by atoms with Gasteiger partial charge in [-0.05, 0) is 62.1 Å². The molecule has 1 saturated heterocycles. The third-order valence-electron chi connectivity index (χ3n) is 5.96. The van der Waals surface area contributed by atoms with Crippen molar-refractivity contribution in [1.82, 2.24) is 9.88 Å². The number of benzene rings is 2. The van der Waals surface area contributed by atoms with E-state index in [4.69, 9.17) is 9.72 Å². The Kier molecular flexibility index (Phi) is 7.22. The van der Waals surface area contributed by atoms with Crippen LogP contribution < -0.4 is 9.64 Å². The Balaban J connectivity index is 1.52. The van der Waals surface area contributed by atoms with Gasteiger partial charge in [0.2, 0.25) is 5.91 Å². The number of anilines is 2. The third kappa shape index (κ3) is 4.87. The summed E-state index contributed by atoms with van der Waals surface area (Å²) in [5.41, 5.74) is 4.41. The zero-order valence-electron chi connectivity index (χ0n) is 19.1. The Morgan fingerprint density at radius 1 is 1.19 bits per heavy atom. The fourth-order valence-electron chi connectivity index (χ4n) is 4.46. The standard InChI is InChI=1S/C26H31N3O2S/c1-4-20-9-6-7-10-25(20)29(19(3)30)26-27-22(18-32-26)17-28-16-8-11-24(28)21-12-14-23(15-13-21)31-5-2/h6-7,9-10,12-15,18,24H,4-5,8,11,16-17H2,1-3H3. The molecule has 1 aliphatic heterocycles. The number of nitrogens with zero attached hydrogens (tertiary/aromatic N) is 3. The van der Waals surface area contributed by atoms with Gasteiger partial charge in [0.1, 0.15) is 5.75 Å². The Labute approximate surface area is 194 Å². The molecule has 0 saturated carbocycles. The lowest BCUT2D eigenvalue weighted by molar-refractivity contribution is -0.115. The van der Waals surface area contributed by atoms with E-state index in [9.17, 15) is 4.79 Å². The van der Waals surface area contributed by atoms with Crippen molar-refractivity contribution >= 4 is 28.1 Å². The number of hydrogen-bond donors (Lipinski definition) is 0. The predicted octanol–water partition coefficient (Wildman–Crippen LogP) is 6.13. The number of carbonyl (C=O) groups is 1. The molecule has 5 nitrogen and oxygen atoms in total. The first-order chi connectivity index (χ1) is 15.6. The van der Waals surface area contributed by atoms with Crippen LogP contribution in [0, 0.1) is 0 Å². The molecule has 168 valence electrons. The minimum atomic E-state index is -0.0137. The van der Waals surface area contributed by atoms with Crippen LogP contribution in [-0.4, -0.2) is 28.9 Å². The van der Waals surface area contributed by atoms with Crippen LogP contribution in [0.2, 0.25) is 0 Å². The normalized spacial score (nSPS) is 16.3. The number of hydrogen-bond acceptors (Lipinski definition) is 5. The maximum atomic E-state index is 12.5. The largest absolute Gasteiger partial charge is 0.494 e. The maximum Gasteiger partial charge on any atom is 0.230 e. The SMILES string of the molecule is CCOc1ccc(C2CCCN2Cc2csc(N(C(C)=O)c3ccccc3CC)n2)cc1. The van der Waals surface area contributed by atoms with Crippen molar-refractivity contribution in [3.8, 4) is 5.75 Å². The lowest BCUT2D eigenvalue weighted by atomic mass is 10.0. The molecular formula is C26H31N3O2S. The van der Waals surface area contributed by atoms with Crippen LogP contribution in [-0.2, 0) is 17.8 Å². The maximum absolute atomic E-state index is 12.5. The number of aromatic nitrogens is 1. The summed E-state index contributed by atoms with van der Waals surface area (Å²) in [6.45, 7) is 8.24. The lowest BCUT2D eigenvalue weighted by Crippen LogP contribution is -2.25. The van der Waals surface area contributed by atoms with Crippen molar-refractivity contribution in [2.45, 2.75) is 52.6 Å². The molecule has 1 aromatic heterocycles. The zero-order chi connectivity index (χ0) is 22.5. The summed E-state index contributed by atoms with van der Waals surface area (Å²) in [7, 11) is 0. The molecule has 0 N–H and O–H groups in total. The summed E-state index contributed by atoms with van der Waals surface area (Å²) in [4.78, 5) is 21.7. The quantitative estimate of drug-likeness (QED) is 0.415. The smallest absolute Gasteiger partial charge is 0.230 e.